The Hall–Kier alpha value is -5.54. The number of nitrogens with zero attached hydrogens (tertiary/aromatic N) is 12. The number of aromatic amines is 2. The van der Waals surface area contributed by atoms with E-state index in [1.165, 1.54) is 77.6 Å². The van der Waals surface area contributed by atoms with Gasteiger partial charge in [0.25, 0.3) is 11.1 Å². The van der Waals surface area contributed by atoms with E-state index in [-0.39, 0.29) is 84.5 Å². The molecule has 6 aliphatic heterocycles. The van der Waals surface area contributed by atoms with Crippen LogP contribution in [0.25, 0.3) is 11.2 Å². The maximum atomic E-state index is 14.6. The normalized spacial score (nSPS) is 30.1. The molecule has 0 aromatic carbocycles. The van der Waals surface area contributed by atoms with Gasteiger partial charge in [-0.1, -0.05) is 19.2 Å². The number of aromatic nitrogens is 14. The summed E-state index contributed by atoms with van der Waals surface area (Å²) < 4.78 is 129. The number of hydrogen-bond acceptors (Lipinski definition) is 42. The molecule has 0 aliphatic carbocycles. The molecule has 7 aromatic rings. The molecule has 6 saturated heterocycles. The van der Waals surface area contributed by atoms with Crippen molar-refractivity contribution in [2.75, 3.05) is 68.8 Å². The van der Waals surface area contributed by atoms with Crippen LogP contribution in [-0.2, 0) is 146 Å². The predicted octanol–water partition coefficient (Wildman–Crippen LogP) is 0.214. The highest BCUT2D eigenvalue weighted by Crippen LogP contribution is 2.59. The number of rotatable bonds is 35. The first-order valence-electron chi connectivity index (χ1n) is 35.7. The second-order valence-corrected chi connectivity index (χ2v) is 44.3. The molecule has 0 bridgehead atoms. The third kappa shape index (κ3) is 22.6. The van der Waals surface area contributed by atoms with Gasteiger partial charge in [-0.25, -0.2) is 33.5 Å². The lowest BCUT2D eigenvalue weighted by atomic mass is 10.1. The van der Waals surface area contributed by atoms with Crippen LogP contribution in [0.2, 0.25) is 0 Å². The molecule has 12 unspecified atom stereocenters. The van der Waals surface area contributed by atoms with E-state index in [0.717, 1.165) is 25.4 Å². The Kier molecular flexibility index (Phi) is 28.8. The van der Waals surface area contributed by atoms with Crippen molar-refractivity contribution < 1.29 is 112 Å². The molecule has 17 N–H and O–H groups in total. The Morgan fingerprint density at radius 2 is 0.758 bits per heavy atom. The van der Waals surface area contributed by atoms with Crippen molar-refractivity contribution in [2.45, 2.75) is 169 Å². The maximum absolute atomic E-state index is 14.6. The highest BCUT2D eigenvalue weighted by molar-refractivity contribution is 8.44. The van der Waals surface area contributed by atoms with Gasteiger partial charge in [0.05, 0.1) is 76.0 Å². The summed E-state index contributed by atoms with van der Waals surface area (Å²) in [5.74, 6) is -0.716. The van der Waals surface area contributed by atoms with E-state index >= 15 is 0 Å². The number of hydrogen-bond donors (Lipinski definition) is 13. The van der Waals surface area contributed by atoms with Gasteiger partial charge < -0.3 is 127 Å². The smallest absolute Gasteiger partial charge is 0.383 e. The summed E-state index contributed by atoms with van der Waals surface area (Å²) in [6, 6.07) is 5.29. The van der Waals surface area contributed by atoms with Gasteiger partial charge in [-0.2, -0.15) is 24.9 Å². The molecule has 0 radical (unpaired) electrons. The zero-order valence-electron chi connectivity index (χ0n) is 62.4. The molecule has 13 heterocycles. The van der Waals surface area contributed by atoms with Crippen LogP contribution in [0.4, 0.5) is 29.2 Å². The average molecular weight is 1920 g/mol. The summed E-state index contributed by atoms with van der Waals surface area (Å²) in [6.07, 6.45) is -16.0. The van der Waals surface area contributed by atoms with Gasteiger partial charge in [0, 0.05) is 82.2 Å². The standard InChI is InChI=1S/C58H79N19O31P6S6/c1-4-27-28(13-43(97-27)72-9-5-39(59)65-54(72)80)104-110(86,116)92-23-37-32(17-47(101-37)76-19-26(2)51(78)71-58(76)84)107-113(89,119)95-22-36-30(15-45(100-36)74-11-7-41(61)67-56(74)82)105-111(87,117)94-21-35-31(16-46(99-35)75-12-8-42(62)68-57(75)83)106-112(88,118)96-24-38-33(18-48(102-38)77-25-64-49-50(77)69-53(63)70-52(49)79)108-114(90,120)93-20-34-29(103-109(85,115)91-3)14-44(98-34)73-10-6-40(60)66-55(73)81/h5-12,19,25,27-38,43-48H,4,13-18,20-24H2,1-3H3,(H,85,115)(H,86,116)(H,87,117)(H,88,118)(H,89,119)(H,90,120)(H2,59,65,80)(H2,60,66,81)(H2,61,67,82)(H2,62,68,83)(H,71,78,84)(H3,63,69,70,79)/t27-,28?,29?,30?,31?,32?,33?,34-,35-,36-,37-,38-,43-,44-,45-,46-,47-,48-,109?,110?,111?,112?,113?,114?/m1/s1. The first-order chi connectivity index (χ1) is 56.5. The SMILES string of the molecule is CC[C@H]1O[C@@H](n2ccc(N)nc2=O)CC1OP(O)(=S)OC[C@H]1O[C@@H](n2cc(C)c(=O)[nH]c2=O)CC1OP(=O)(S)OC[C@H]1O[C@@H](n2ccc(N)nc2=O)CC1OP(O)(=S)OC[C@H]1O[C@@H](n2ccc(N)nc2=O)CC1OP(O)(=S)OC[C@H]1O[C@@H](n2cnc3c(=O)[nH]c(N)nc32)CC1OP(O)(=S)OC[C@H]1O[C@@H](n2ccc(N)nc2=O)CC1OP(O)(=S)OC. The summed E-state index contributed by atoms with van der Waals surface area (Å²) in [7, 11) is 1.11. The molecule has 0 spiro atoms. The fourth-order valence-electron chi connectivity index (χ4n) is 13.6. The topological polar surface area (TPSA) is 672 Å². The van der Waals surface area contributed by atoms with Crippen LogP contribution < -0.4 is 68.2 Å². The Morgan fingerprint density at radius 3 is 1.10 bits per heavy atom. The minimum Gasteiger partial charge on any atom is -0.383 e. The summed E-state index contributed by atoms with van der Waals surface area (Å²) in [6.45, 7) is -27.3. The highest BCUT2D eigenvalue weighted by Gasteiger charge is 2.50. The number of H-pyrrole nitrogens is 2. The Bertz CT molecular complexity index is 5740. The molecule has 6 fully saturated rings. The monoisotopic (exact) mass is 1920 g/mol. The minimum atomic E-state index is -4.75. The van der Waals surface area contributed by atoms with Gasteiger partial charge >= 0.3 is 68.8 Å². The molecular formula is C58H79N19O31P6S6. The predicted molar refractivity (Wildman–Crippen MR) is 437 cm³/mol. The quantitative estimate of drug-likeness (QED) is 0.0187. The zero-order chi connectivity index (χ0) is 86.5. The zero-order valence-corrected chi connectivity index (χ0v) is 72.8. The summed E-state index contributed by atoms with van der Waals surface area (Å²) >= 11 is 31.6. The molecule has 0 saturated carbocycles. The molecule has 24 atom stereocenters. The van der Waals surface area contributed by atoms with Crippen LogP contribution in [0.15, 0.2) is 95.1 Å². The Balaban J connectivity index is 0.697. The summed E-state index contributed by atoms with van der Waals surface area (Å²) in [4.78, 5) is 177. The molecule has 13 rings (SSSR count). The van der Waals surface area contributed by atoms with Gasteiger partial charge in [0.2, 0.25) is 5.95 Å². The van der Waals surface area contributed by atoms with Crippen LogP contribution in [0.5, 0.6) is 0 Å². The van der Waals surface area contributed by atoms with Crippen LogP contribution in [0, 0.1) is 6.92 Å². The molecule has 120 heavy (non-hydrogen) atoms. The molecule has 7 aromatic heterocycles. The van der Waals surface area contributed by atoms with Crippen molar-refractivity contribution >= 4 is 152 Å². The molecule has 0 amide bonds. The third-order valence-electron chi connectivity index (χ3n) is 19.2. The first-order valence-corrected chi connectivity index (χ1v) is 51.3. The van der Waals surface area contributed by atoms with E-state index in [0.29, 0.717) is 6.42 Å². The fourth-order valence-corrected chi connectivity index (χ4v) is 22.0. The van der Waals surface area contributed by atoms with E-state index in [1.54, 1.807) is 6.92 Å². The fraction of sp³-hybridized carbons (Fsp3) is 0.569. The number of aryl methyl sites for hydroxylation is 1. The molecule has 62 heteroatoms. The van der Waals surface area contributed by atoms with Crippen molar-refractivity contribution in [1.29, 1.82) is 0 Å². The first kappa shape index (κ1) is 92.1. The van der Waals surface area contributed by atoms with Crippen LogP contribution in [0.1, 0.15) is 94.8 Å². The number of nitrogens with two attached hydrogens (primary N) is 5. The van der Waals surface area contributed by atoms with E-state index in [1.807, 2.05) is 0 Å². The van der Waals surface area contributed by atoms with Crippen LogP contribution in [-0.4, -0.2) is 205 Å². The third-order valence-corrected chi connectivity index (χ3v) is 28.9. The number of nitrogen functional groups attached to an aromatic ring is 5. The number of nitrogens with one attached hydrogen (secondary N) is 2. The van der Waals surface area contributed by atoms with Gasteiger partial charge in [-0.05, 0) is 96.6 Å². The Labute approximate surface area is 705 Å². The second-order valence-electron chi connectivity index (χ2n) is 27.4. The summed E-state index contributed by atoms with van der Waals surface area (Å²) in [5.41, 5.74) is 23.2. The molecule has 658 valence electrons. The van der Waals surface area contributed by atoms with Crippen LogP contribution >= 0.6 is 52.6 Å². The van der Waals surface area contributed by atoms with Crippen LogP contribution in [0.3, 0.4) is 0 Å². The Morgan fingerprint density at radius 1 is 0.450 bits per heavy atom. The van der Waals surface area contributed by atoms with E-state index in [9.17, 15) is 62.6 Å². The van der Waals surface area contributed by atoms with E-state index in [4.69, 9.17) is 170 Å². The average Bonchev–Trinajstić information content (AvgIpc) is 1.71. The van der Waals surface area contributed by atoms with Crippen molar-refractivity contribution in [3.63, 3.8) is 0 Å². The van der Waals surface area contributed by atoms with E-state index < -0.39 is 224 Å². The molecule has 6 aliphatic rings. The number of imidazole rings is 1. The van der Waals surface area contributed by atoms with Crippen molar-refractivity contribution in [1.82, 2.24) is 67.3 Å². The van der Waals surface area contributed by atoms with Crippen molar-refractivity contribution in [3.05, 3.63) is 140 Å². The number of thiol groups is 1. The maximum Gasteiger partial charge on any atom is 0.386 e. The lowest BCUT2D eigenvalue weighted by Gasteiger charge is -2.28. The second kappa shape index (κ2) is 37.6. The van der Waals surface area contributed by atoms with Gasteiger partial charge in [-0.15, -0.1) is 0 Å². The van der Waals surface area contributed by atoms with Crippen molar-refractivity contribution in [3.8, 4) is 0 Å². The van der Waals surface area contributed by atoms with Gasteiger partial charge in [0.15, 0.2) is 11.2 Å². The highest BCUT2D eigenvalue weighted by atomic mass is 32.7. The molecule has 50 nitrogen and oxygen atoms in total. The number of ether oxygens (including phenoxy) is 6. The number of anilines is 5. The van der Waals surface area contributed by atoms with Gasteiger partial charge in [-0.3, -0.25) is 56.0 Å². The molecular weight excluding hydrogens is 1840 g/mol. The summed E-state index contributed by atoms with van der Waals surface area (Å²) in [5, 5.41) is 0. The lowest BCUT2D eigenvalue weighted by Crippen LogP contribution is -2.33. The van der Waals surface area contributed by atoms with E-state index in [2.05, 4.69) is 52.1 Å². The lowest BCUT2D eigenvalue weighted by molar-refractivity contribution is -0.0565. The largest absolute Gasteiger partial charge is 0.386 e. The van der Waals surface area contributed by atoms with Gasteiger partial charge in [0.1, 0.15) is 97.3 Å². The minimum absolute atomic E-state index is 0.00765. The van der Waals surface area contributed by atoms with Crippen molar-refractivity contribution in [2.24, 2.45) is 0 Å². The number of fused-ring (bicyclic) bond motifs is 1.